The molecule has 36 heavy (non-hydrogen) atoms. The van der Waals surface area contributed by atoms with Crippen LogP contribution in [0.1, 0.15) is 103 Å². The first-order chi connectivity index (χ1) is 17.1. The maximum absolute atomic E-state index is 13.6. The Hall–Kier alpha value is -2.16. The fourth-order valence-electron chi connectivity index (χ4n) is 6.62. The van der Waals surface area contributed by atoms with Gasteiger partial charge >= 0.3 is 6.18 Å². The molecule has 6 rings (SSSR count). The van der Waals surface area contributed by atoms with Crippen molar-refractivity contribution >= 4 is 0 Å². The number of fused-ring (bicyclic) bond motifs is 4. The van der Waals surface area contributed by atoms with Crippen molar-refractivity contribution in [2.45, 2.75) is 82.3 Å². The molecule has 0 amide bonds. The Morgan fingerprint density at radius 3 is 2.44 bits per heavy atom. The Kier molecular flexibility index (Phi) is 5.49. The highest BCUT2D eigenvalue weighted by atomic mass is 19.4. The van der Waals surface area contributed by atoms with E-state index < -0.39 is 29.5 Å². The molecular formula is C28H32F3NO4. The van der Waals surface area contributed by atoms with E-state index in [1.165, 1.54) is 19.2 Å². The number of aliphatic hydroxyl groups is 1. The molecule has 5 nitrogen and oxygen atoms in total. The largest absolute Gasteiger partial charge is 0.496 e. The summed E-state index contributed by atoms with van der Waals surface area (Å²) in [7, 11) is 1.25. The van der Waals surface area contributed by atoms with Gasteiger partial charge in [0.25, 0.3) is 0 Å². The van der Waals surface area contributed by atoms with Gasteiger partial charge in [0.1, 0.15) is 11.9 Å². The van der Waals surface area contributed by atoms with E-state index in [9.17, 15) is 18.3 Å². The minimum absolute atomic E-state index is 0.0794. The lowest BCUT2D eigenvalue weighted by Gasteiger charge is -2.38. The lowest BCUT2D eigenvalue weighted by atomic mass is 9.73. The van der Waals surface area contributed by atoms with Crippen LogP contribution in [0.3, 0.4) is 0 Å². The first-order valence-corrected chi connectivity index (χ1v) is 12.8. The molecule has 4 aliphatic rings. The highest BCUT2D eigenvalue weighted by Gasteiger charge is 2.55. The average Bonchev–Trinajstić information content (AvgIpc) is 3.50. The third-order valence-corrected chi connectivity index (χ3v) is 8.58. The lowest BCUT2D eigenvalue weighted by Crippen LogP contribution is -2.36. The summed E-state index contributed by atoms with van der Waals surface area (Å²) in [5, 5.41) is 11.4. The molecule has 2 aliphatic heterocycles. The Morgan fingerprint density at radius 1 is 1.11 bits per heavy atom. The van der Waals surface area contributed by atoms with Crippen molar-refractivity contribution in [3.05, 3.63) is 57.4 Å². The average molecular weight is 504 g/mol. The van der Waals surface area contributed by atoms with E-state index in [2.05, 4.69) is 13.8 Å². The molecule has 1 saturated heterocycles. The molecule has 0 unspecified atom stereocenters. The molecule has 194 valence electrons. The van der Waals surface area contributed by atoms with E-state index >= 15 is 0 Å². The smallest absolute Gasteiger partial charge is 0.419 e. The zero-order valence-electron chi connectivity index (χ0n) is 20.9. The molecule has 2 spiro atoms. The van der Waals surface area contributed by atoms with E-state index in [0.29, 0.717) is 31.6 Å². The van der Waals surface area contributed by atoms with Gasteiger partial charge in [-0.2, -0.15) is 13.2 Å². The van der Waals surface area contributed by atoms with Crippen LogP contribution in [-0.4, -0.2) is 30.4 Å². The molecule has 0 radical (unpaired) electrons. The number of nitrogens with zero attached hydrogens (tertiary/aromatic N) is 1. The number of alkyl halides is 3. The molecule has 2 atom stereocenters. The quantitative estimate of drug-likeness (QED) is 0.547. The van der Waals surface area contributed by atoms with Crippen molar-refractivity contribution in [2.75, 3.05) is 20.3 Å². The van der Waals surface area contributed by atoms with Gasteiger partial charge in [-0.05, 0) is 60.3 Å². The molecule has 8 heteroatoms. The van der Waals surface area contributed by atoms with Gasteiger partial charge in [-0.15, -0.1) is 0 Å². The van der Waals surface area contributed by atoms with Gasteiger partial charge in [0, 0.05) is 48.6 Å². The second-order valence-corrected chi connectivity index (χ2v) is 11.3. The summed E-state index contributed by atoms with van der Waals surface area (Å²) in [5.74, 6) is -0.151. The summed E-state index contributed by atoms with van der Waals surface area (Å²) in [6, 6.07) is 3.99. The predicted molar refractivity (Wildman–Crippen MR) is 126 cm³/mol. The third-order valence-electron chi connectivity index (χ3n) is 8.58. The van der Waals surface area contributed by atoms with Crippen LogP contribution in [0.2, 0.25) is 0 Å². The Labute approximate surface area is 209 Å². The fourth-order valence-corrected chi connectivity index (χ4v) is 6.62. The molecule has 1 aromatic carbocycles. The van der Waals surface area contributed by atoms with Gasteiger partial charge in [0.2, 0.25) is 0 Å². The standard InChI is InChI=1S/C28H32F3NO4/c1-15(2)24-22-23(21-18(32-24)13-26(6-7-26)14-19(21)33)27(8-10-35-11-9-27)36-25(22)16-4-5-17(28(29,30)31)20(12-16)34-3/h4-5,12,15,19,25,33H,6-11,13-14H2,1-3H3/t19-,25-/m0/s1. The summed E-state index contributed by atoms with van der Waals surface area (Å²) < 4.78 is 58.5. The SMILES string of the molecule is COc1cc([C@@H]2OC3(CCOCC3)c3c2c(C(C)C)nc2c3[C@@H](O)CC3(CC3)C2)ccc1C(F)(F)F. The Bertz CT molecular complexity index is 1200. The zero-order valence-corrected chi connectivity index (χ0v) is 20.9. The highest BCUT2D eigenvalue weighted by molar-refractivity contribution is 5.55. The van der Waals surface area contributed by atoms with Gasteiger partial charge in [0.05, 0.1) is 24.4 Å². The fraction of sp³-hybridized carbons (Fsp3) is 0.607. The van der Waals surface area contributed by atoms with Crippen LogP contribution in [0, 0.1) is 5.41 Å². The number of rotatable bonds is 3. The van der Waals surface area contributed by atoms with Crippen LogP contribution < -0.4 is 4.74 Å². The number of methoxy groups -OCH3 is 1. The predicted octanol–water partition coefficient (Wildman–Crippen LogP) is 6.12. The number of hydrogen-bond acceptors (Lipinski definition) is 5. The van der Waals surface area contributed by atoms with Crippen LogP contribution in [0.5, 0.6) is 5.75 Å². The van der Waals surface area contributed by atoms with Crippen molar-refractivity contribution in [1.82, 2.24) is 4.98 Å². The maximum Gasteiger partial charge on any atom is 0.419 e. The van der Waals surface area contributed by atoms with E-state index in [1.807, 2.05) is 0 Å². The van der Waals surface area contributed by atoms with E-state index in [1.54, 1.807) is 0 Å². The molecular weight excluding hydrogens is 471 g/mol. The maximum atomic E-state index is 13.6. The van der Waals surface area contributed by atoms with Crippen LogP contribution in [-0.2, 0) is 27.7 Å². The Balaban J connectivity index is 1.58. The molecule has 1 aromatic heterocycles. The van der Waals surface area contributed by atoms with Crippen molar-refractivity contribution in [3.8, 4) is 5.75 Å². The van der Waals surface area contributed by atoms with Crippen molar-refractivity contribution < 1.29 is 32.5 Å². The van der Waals surface area contributed by atoms with Gasteiger partial charge in [-0.3, -0.25) is 4.98 Å². The summed E-state index contributed by atoms with van der Waals surface area (Å²) >= 11 is 0. The van der Waals surface area contributed by atoms with Crippen molar-refractivity contribution in [3.63, 3.8) is 0 Å². The van der Waals surface area contributed by atoms with Crippen LogP contribution in [0.25, 0.3) is 0 Å². The number of aliphatic hydroxyl groups excluding tert-OH is 1. The van der Waals surface area contributed by atoms with Gasteiger partial charge < -0.3 is 19.3 Å². The van der Waals surface area contributed by atoms with Gasteiger partial charge in [-0.1, -0.05) is 19.9 Å². The van der Waals surface area contributed by atoms with Crippen molar-refractivity contribution in [1.29, 1.82) is 0 Å². The first-order valence-electron chi connectivity index (χ1n) is 12.8. The van der Waals surface area contributed by atoms with Gasteiger partial charge in [-0.25, -0.2) is 0 Å². The van der Waals surface area contributed by atoms with Crippen LogP contribution in [0.4, 0.5) is 13.2 Å². The Morgan fingerprint density at radius 2 is 1.83 bits per heavy atom. The molecule has 2 aromatic rings. The van der Waals surface area contributed by atoms with E-state index in [0.717, 1.165) is 59.8 Å². The second-order valence-electron chi connectivity index (χ2n) is 11.3. The third kappa shape index (κ3) is 3.67. The topological polar surface area (TPSA) is 60.8 Å². The number of halogens is 3. The lowest BCUT2D eigenvalue weighted by molar-refractivity contribution is -0.139. The van der Waals surface area contributed by atoms with Crippen molar-refractivity contribution in [2.24, 2.45) is 5.41 Å². The highest BCUT2D eigenvalue weighted by Crippen LogP contribution is 2.62. The summed E-state index contributed by atoms with van der Waals surface area (Å²) in [6.45, 7) is 5.22. The summed E-state index contributed by atoms with van der Waals surface area (Å²) in [5.41, 5.74) is 3.93. The normalized spacial score (nSPS) is 25.8. The van der Waals surface area contributed by atoms with E-state index in [4.69, 9.17) is 19.2 Å². The van der Waals surface area contributed by atoms with E-state index in [-0.39, 0.29) is 17.1 Å². The molecule has 0 bridgehead atoms. The number of aromatic nitrogens is 1. The zero-order chi connectivity index (χ0) is 25.5. The number of benzene rings is 1. The molecule has 3 heterocycles. The number of hydrogen-bond donors (Lipinski definition) is 1. The second kappa shape index (κ2) is 8.17. The summed E-state index contributed by atoms with van der Waals surface area (Å²) in [4.78, 5) is 5.14. The minimum atomic E-state index is -4.52. The van der Waals surface area contributed by atoms with Crippen LogP contribution >= 0.6 is 0 Å². The summed E-state index contributed by atoms with van der Waals surface area (Å²) in [6.07, 6.45) is -0.687. The van der Waals surface area contributed by atoms with Gasteiger partial charge in [0.15, 0.2) is 0 Å². The minimum Gasteiger partial charge on any atom is -0.496 e. The number of pyridine rings is 1. The monoisotopic (exact) mass is 503 g/mol. The van der Waals surface area contributed by atoms with Crippen LogP contribution in [0.15, 0.2) is 18.2 Å². The molecule has 1 saturated carbocycles. The first kappa shape index (κ1) is 24.2. The molecule has 2 aliphatic carbocycles. The molecule has 2 fully saturated rings. The molecule has 1 N–H and O–H groups in total. The number of ether oxygens (including phenoxy) is 3.